The normalized spacial score (nSPS) is 19.4. The molecule has 0 aromatic heterocycles. The average Bonchev–Trinajstić information content (AvgIpc) is 3.05. The summed E-state index contributed by atoms with van der Waals surface area (Å²) in [4.78, 5) is 24.1. The van der Waals surface area contributed by atoms with E-state index in [1.54, 1.807) is 0 Å². The van der Waals surface area contributed by atoms with Gasteiger partial charge in [0, 0.05) is 18.6 Å². The van der Waals surface area contributed by atoms with E-state index in [0.717, 1.165) is 6.42 Å². The Labute approximate surface area is 157 Å². The summed E-state index contributed by atoms with van der Waals surface area (Å²) in [7, 11) is 1.45. The van der Waals surface area contributed by atoms with Crippen molar-refractivity contribution in [3.8, 4) is 11.5 Å². The van der Waals surface area contributed by atoms with E-state index < -0.39 is 17.4 Å². The van der Waals surface area contributed by atoms with Crippen LogP contribution in [0.5, 0.6) is 11.5 Å². The SMILES string of the molecule is COc1cc(C(=O)NC2(C(=O)O)CCOC2)cc(Cl)c1OCCC(C)C. The van der Waals surface area contributed by atoms with Gasteiger partial charge in [0.25, 0.3) is 5.91 Å². The van der Waals surface area contributed by atoms with E-state index in [4.69, 9.17) is 25.8 Å². The second-order valence-corrected chi connectivity index (χ2v) is 7.07. The predicted molar refractivity (Wildman–Crippen MR) is 96.2 cm³/mol. The molecule has 0 aliphatic carbocycles. The van der Waals surface area contributed by atoms with E-state index in [0.29, 0.717) is 24.0 Å². The van der Waals surface area contributed by atoms with Gasteiger partial charge in [-0.1, -0.05) is 25.4 Å². The van der Waals surface area contributed by atoms with Crippen LogP contribution in [0, 0.1) is 5.92 Å². The minimum atomic E-state index is -1.43. The molecule has 1 aliphatic heterocycles. The maximum atomic E-state index is 12.6. The highest BCUT2D eigenvalue weighted by atomic mass is 35.5. The number of carbonyl (C=O) groups excluding carboxylic acids is 1. The molecule has 1 aliphatic rings. The molecule has 2 N–H and O–H groups in total. The van der Waals surface area contributed by atoms with Gasteiger partial charge in [0.05, 0.1) is 25.3 Å². The molecule has 0 spiro atoms. The summed E-state index contributed by atoms with van der Waals surface area (Å²) in [5.41, 5.74) is -1.24. The first-order chi connectivity index (χ1) is 12.3. The van der Waals surface area contributed by atoms with Crippen molar-refractivity contribution in [2.24, 2.45) is 5.92 Å². The van der Waals surface area contributed by atoms with Gasteiger partial charge in [-0.05, 0) is 24.5 Å². The van der Waals surface area contributed by atoms with E-state index in [2.05, 4.69) is 19.2 Å². The van der Waals surface area contributed by atoms with E-state index >= 15 is 0 Å². The highest BCUT2D eigenvalue weighted by Gasteiger charge is 2.44. The van der Waals surface area contributed by atoms with Crippen LogP contribution >= 0.6 is 11.6 Å². The largest absolute Gasteiger partial charge is 0.493 e. The maximum Gasteiger partial charge on any atom is 0.331 e. The quantitative estimate of drug-likeness (QED) is 0.714. The van der Waals surface area contributed by atoms with Gasteiger partial charge in [0.1, 0.15) is 0 Å². The molecule has 1 aromatic rings. The van der Waals surface area contributed by atoms with Crippen LogP contribution in [0.25, 0.3) is 0 Å². The molecule has 1 atom stereocenters. The molecule has 144 valence electrons. The van der Waals surface area contributed by atoms with Gasteiger partial charge in [-0.15, -0.1) is 0 Å². The molecule has 1 fully saturated rings. The van der Waals surface area contributed by atoms with Crippen LogP contribution in [0.2, 0.25) is 5.02 Å². The second-order valence-electron chi connectivity index (χ2n) is 6.66. The van der Waals surface area contributed by atoms with Gasteiger partial charge in [0.2, 0.25) is 0 Å². The van der Waals surface area contributed by atoms with Crippen LogP contribution < -0.4 is 14.8 Å². The van der Waals surface area contributed by atoms with Crippen molar-refractivity contribution in [2.45, 2.75) is 32.2 Å². The lowest BCUT2D eigenvalue weighted by Crippen LogP contribution is -2.55. The third-order valence-electron chi connectivity index (χ3n) is 4.22. The Balaban J connectivity index is 2.20. The lowest BCUT2D eigenvalue weighted by atomic mass is 9.98. The fourth-order valence-corrected chi connectivity index (χ4v) is 2.83. The number of nitrogens with one attached hydrogen (secondary N) is 1. The van der Waals surface area contributed by atoms with Crippen LogP contribution in [-0.4, -0.2) is 49.5 Å². The molecule has 26 heavy (non-hydrogen) atoms. The first kappa shape index (κ1) is 20.3. The first-order valence-electron chi connectivity index (χ1n) is 8.43. The minimum absolute atomic E-state index is 0.0741. The standard InChI is InChI=1S/C18H24ClNO6/c1-11(2)4-6-26-15-13(19)8-12(9-14(15)24-3)16(21)20-18(17(22)23)5-7-25-10-18/h8-9,11H,4-7,10H2,1-3H3,(H,20,21)(H,22,23). The zero-order valence-corrected chi connectivity index (χ0v) is 15.9. The van der Waals surface area contributed by atoms with Gasteiger partial charge < -0.3 is 24.6 Å². The van der Waals surface area contributed by atoms with Crippen LogP contribution in [0.3, 0.4) is 0 Å². The van der Waals surface area contributed by atoms with Crippen molar-refractivity contribution in [3.05, 3.63) is 22.7 Å². The fourth-order valence-electron chi connectivity index (χ4n) is 2.56. The first-order valence-corrected chi connectivity index (χ1v) is 8.81. The highest BCUT2D eigenvalue weighted by molar-refractivity contribution is 6.32. The smallest absolute Gasteiger partial charge is 0.331 e. The second kappa shape index (κ2) is 8.60. The van der Waals surface area contributed by atoms with Crippen LogP contribution in [0.1, 0.15) is 37.0 Å². The predicted octanol–water partition coefficient (Wildman–Crippen LogP) is 2.75. The molecule has 1 heterocycles. The van der Waals surface area contributed by atoms with Crippen molar-refractivity contribution >= 4 is 23.5 Å². The molecule has 7 nitrogen and oxygen atoms in total. The number of methoxy groups -OCH3 is 1. The number of benzene rings is 1. The number of rotatable bonds is 8. The van der Waals surface area contributed by atoms with Gasteiger partial charge in [0.15, 0.2) is 17.0 Å². The van der Waals surface area contributed by atoms with E-state index in [1.165, 1.54) is 19.2 Å². The Kier molecular flexibility index (Phi) is 6.72. The lowest BCUT2D eigenvalue weighted by molar-refractivity contribution is -0.144. The van der Waals surface area contributed by atoms with Gasteiger partial charge >= 0.3 is 5.97 Å². The third kappa shape index (κ3) is 4.59. The molecular formula is C18H24ClNO6. The molecular weight excluding hydrogens is 362 g/mol. The summed E-state index contributed by atoms with van der Waals surface area (Å²) in [6.45, 7) is 4.84. The molecule has 0 radical (unpaired) electrons. The van der Waals surface area contributed by atoms with Gasteiger partial charge in [-0.25, -0.2) is 4.79 Å². The van der Waals surface area contributed by atoms with Crippen molar-refractivity contribution in [2.75, 3.05) is 26.9 Å². The van der Waals surface area contributed by atoms with E-state index in [-0.39, 0.29) is 30.2 Å². The van der Waals surface area contributed by atoms with Crippen molar-refractivity contribution in [3.63, 3.8) is 0 Å². The molecule has 1 aromatic carbocycles. The molecule has 8 heteroatoms. The third-order valence-corrected chi connectivity index (χ3v) is 4.50. The summed E-state index contributed by atoms with van der Waals surface area (Å²) in [6.07, 6.45) is 1.05. The monoisotopic (exact) mass is 385 g/mol. The van der Waals surface area contributed by atoms with Crippen LogP contribution in [-0.2, 0) is 9.53 Å². The van der Waals surface area contributed by atoms with E-state index in [1.807, 2.05) is 0 Å². The number of aliphatic carboxylic acids is 1. The number of amides is 1. The highest BCUT2D eigenvalue weighted by Crippen LogP contribution is 2.37. The molecule has 1 saturated heterocycles. The summed E-state index contributed by atoms with van der Waals surface area (Å²) in [5.74, 6) is -0.533. The Morgan fingerprint density at radius 2 is 2.15 bits per heavy atom. The number of ether oxygens (including phenoxy) is 3. The Hall–Kier alpha value is -1.99. The molecule has 1 amide bonds. The molecule has 1 unspecified atom stereocenters. The molecule has 2 rings (SSSR count). The minimum Gasteiger partial charge on any atom is -0.493 e. The molecule has 0 saturated carbocycles. The van der Waals surface area contributed by atoms with Crippen molar-refractivity contribution in [1.29, 1.82) is 0 Å². The maximum absolute atomic E-state index is 12.6. The Bertz CT molecular complexity index is 670. The van der Waals surface area contributed by atoms with Crippen molar-refractivity contribution < 1.29 is 28.9 Å². The number of carboxylic acids is 1. The number of hydrogen-bond donors (Lipinski definition) is 2. The lowest BCUT2D eigenvalue weighted by Gasteiger charge is -2.24. The Morgan fingerprint density at radius 3 is 2.69 bits per heavy atom. The number of carbonyl (C=O) groups is 2. The number of halogens is 1. The molecule has 0 bridgehead atoms. The van der Waals surface area contributed by atoms with Gasteiger partial charge in [-0.2, -0.15) is 0 Å². The van der Waals surface area contributed by atoms with Crippen molar-refractivity contribution in [1.82, 2.24) is 5.32 Å². The number of carboxylic acid groups (broad SMARTS) is 1. The summed E-state index contributed by atoms with van der Waals surface area (Å²) < 4.78 is 16.1. The summed E-state index contributed by atoms with van der Waals surface area (Å²) in [5, 5.41) is 12.2. The average molecular weight is 386 g/mol. The fraction of sp³-hybridized carbons (Fsp3) is 0.556. The number of hydrogen-bond acceptors (Lipinski definition) is 5. The van der Waals surface area contributed by atoms with Crippen LogP contribution in [0.4, 0.5) is 0 Å². The zero-order valence-electron chi connectivity index (χ0n) is 15.1. The van der Waals surface area contributed by atoms with Crippen LogP contribution in [0.15, 0.2) is 12.1 Å². The topological polar surface area (TPSA) is 94.1 Å². The van der Waals surface area contributed by atoms with E-state index in [9.17, 15) is 14.7 Å². The zero-order chi connectivity index (χ0) is 19.3. The Morgan fingerprint density at radius 1 is 1.42 bits per heavy atom. The summed E-state index contributed by atoms with van der Waals surface area (Å²) >= 11 is 6.26. The summed E-state index contributed by atoms with van der Waals surface area (Å²) in [6, 6.07) is 2.92. The van der Waals surface area contributed by atoms with Gasteiger partial charge in [-0.3, -0.25) is 4.79 Å².